The molecule has 2 aromatic heterocycles. The fourth-order valence-corrected chi connectivity index (χ4v) is 1.50. The maximum absolute atomic E-state index is 4.45. The Labute approximate surface area is 89.0 Å². The van der Waals surface area contributed by atoms with Crippen molar-refractivity contribution in [3.05, 3.63) is 35.0 Å². The summed E-state index contributed by atoms with van der Waals surface area (Å²) in [6.45, 7) is 8.07. The van der Waals surface area contributed by atoms with Crippen LogP contribution >= 0.6 is 0 Å². The second-order valence-electron chi connectivity index (χ2n) is 3.73. The minimum atomic E-state index is 0.830. The van der Waals surface area contributed by atoms with Crippen molar-refractivity contribution in [2.75, 3.05) is 0 Å². The maximum atomic E-state index is 4.45. The van der Waals surface area contributed by atoms with E-state index in [1.807, 2.05) is 31.5 Å². The van der Waals surface area contributed by atoms with Crippen molar-refractivity contribution in [3.8, 4) is 5.82 Å². The molecule has 0 fully saturated rings. The third kappa shape index (κ3) is 1.63. The Morgan fingerprint density at radius 2 is 1.80 bits per heavy atom. The number of aryl methyl sites for hydroxylation is 2. The van der Waals surface area contributed by atoms with E-state index < -0.39 is 0 Å². The van der Waals surface area contributed by atoms with Crippen molar-refractivity contribution in [2.45, 2.75) is 27.7 Å². The monoisotopic (exact) mass is 202 g/mol. The van der Waals surface area contributed by atoms with Crippen molar-refractivity contribution in [1.29, 1.82) is 0 Å². The average molecular weight is 202 g/mol. The SMILES string of the molecule is Cc1cc(-n2nc(C)c(C)c2C)ncn1. The van der Waals surface area contributed by atoms with E-state index in [1.165, 1.54) is 5.56 Å². The molecule has 4 nitrogen and oxygen atoms in total. The van der Waals surface area contributed by atoms with Crippen LogP contribution in [0.5, 0.6) is 0 Å². The van der Waals surface area contributed by atoms with E-state index in [1.54, 1.807) is 6.33 Å². The van der Waals surface area contributed by atoms with Gasteiger partial charge in [0.1, 0.15) is 6.33 Å². The van der Waals surface area contributed by atoms with Gasteiger partial charge in [0.15, 0.2) is 5.82 Å². The van der Waals surface area contributed by atoms with E-state index in [0.717, 1.165) is 22.9 Å². The van der Waals surface area contributed by atoms with Crippen LogP contribution in [-0.2, 0) is 0 Å². The first kappa shape index (κ1) is 9.83. The number of nitrogens with zero attached hydrogens (tertiary/aromatic N) is 4. The summed E-state index contributed by atoms with van der Waals surface area (Å²) in [4.78, 5) is 8.29. The highest BCUT2D eigenvalue weighted by Crippen LogP contribution is 2.14. The van der Waals surface area contributed by atoms with Gasteiger partial charge in [0.25, 0.3) is 0 Å². The van der Waals surface area contributed by atoms with Crippen LogP contribution in [0, 0.1) is 27.7 Å². The normalized spacial score (nSPS) is 10.7. The van der Waals surface area contributed by atoms with Crippen LogP contribution in [-0.4, -0.2) is 19.7 Å². The number of hydrogen-bond donors (Lipinski definition) is 0. The van der Waals surface area contributed by atoms with Gasteiger partial charge in [0, 0.05) is 17.5 Å². The molecule has 0 spiro atoms. The molecule has 2 rings (SSSR count). The van der Waals surface area contributed by atoms with Gasteiger partial charge in [-0.2, -0.15) is 5.10 Å². The Hall–Kier alpha value is -1.71. The Morgan fingerprint density at radius 1 is 1.07 bits per heavy atom. The topological polar surface area (TPSA) is 43.6 Å². The van der Waals surface area contributed by atoms with Gasteiger partial charge in [-0.25, -0.2) is 14.6 Å². The van der Waals surface area contributed by atoms with Gasteiger partial charge in [-0.05, 0) is 33.3 Å². The largest absolute Gasteiger partial charge is 0.242 e. The van der Waals surface area contributed by atoms with Gasteiger partial charge in [-0.1, -0.05) is 0 Å². The van der Waals surface area contributed by atoms with E-state index in [0.29, 0.717) is 0 Å². The van der Waals surface area contributed by atoms with Gasteiger partial charge < -0.3 is 0 Å². The lowest BCUT2D eigenvalue weighted by Gasteiger charge is -2.03. The predicted molar refractivity (Wildman–Crippen MR) is 58.1 cm³/mol. The molecule has 0 aromatic carbocycles. The molecular weight excluding hydrogens is 188 g/mol. The highest BCUT2D eigenvalue weighted by atomic mass is 15.3. The summed E-state index contributed by atoms with van der Waals surface area (Å²) in [5.41, 5.74) is 4.34. The van der Waals surface area contributed by atoms with Gasteiger partial charge in [-0.3, -0.25) is 0 Å². The van der Waals surface area contributed by atoms with Crippen molar-refractivity contribution in [2.24, 2.45) is 0 Å². The molecule has 0 bridgehead atoms. The van der Waals surface area contributed by atoms with Crippen LogP contribution in [0.1, 0.15) is 22.6 Å². The molecule has 0 saturated heterocycles. The van der Waals surface area contributed by atoms with E-state index in [2.05, 4.69) is 22.0 Å². The van der Waals surface area contributed by atoms with Gasteiger partial charge in [0.2, 0.25) is 0 Å². The summed E-state index contributed by atoms with van der Waals surface area (Å²) in [5.74, 6) is 0.830. The molecule has 4 heteroatoms. The fourth-order valence-electron chi connectivity index (χ4n) is 1.50. The molecule has 0 saturated carbocycles. The molecule has 0 atom stereocenters. The van der Waals surface area contributed by atoms with Crippen molar-refractivity contribution >= 4 is 0 Å². The van der Waals surface area contributed by atoms with Gasteiger partial charge in [-0.15, -0.1) is 0 Å². The molecule has 0 radical (unpaired) electrons. The Kier molecular flexibility index (Phi) is 2.26. The first-order valence-electron chi connectivity index (χ1n) is 4.91. The summed E-state index contributed by atoms with van der Waals surface area (Å²) in [5, 5.41) is 4.45. The smallest absolute Gasteiger partial charge is 0.157 e. The highest BCUT2D eigenvalue weighted by Gasteiger charge is 2.09. The van der Waals surface area contributed by atoms with Crippen molar-refractivity contribution < 1.29 is 0 Å². The molecule has 78 valence electrons. The van der Waals surface area contributed by atoms with Gasteiger partial charge in [0.05, 0.1) is 5.69 Å². The minimum absolute atomic E-state index is 0.830. The first-order valence-corrected chi connectivity index (χ1v) is 4.91. The van der Waals surface area contributed by atoms with E-state index in [-0.39, 0.29) is 0 Å². The number of aromatic nitrogens is 4. The summed E-state index contributed by atoms with van der Waals surface area (Å²) in [7, 11) is 0. The number of rotatable bonds is 1. The summed E-state index contributed by atoms with van der Waals surface area (Å²) >= 11 is 0. The van der Waals surface area contributed by atoms with E-state index in [4.69, 9.17) is 0 Å². The molecular formula is C11H14N4. The second-order valence-corrected chi connectivity index (χ2v) is 3.73. The minimum Gasteiger partial charge on any atom is -0.242 e. The zero-order valence-corrected chi connectivity index (χ0v) is 9.44. The molecule has 0 aliphatic heterocycles. The zero-order valence-electron chi connectivity index (χ0n) is 9.44. The second kappa shape index (κ2) is 3.46. The van der Waals surface area contributed by atoms with Crippen molar-refractivity contribution in [3.63, 3.8) is 0 Å². The maximum Gasteiger partial charge on any atom is 0.157 e. The van der Waals surface area contributed by atoms with Crippen LogP contribution in [0.25, 0.3) is 5.82 Å². The molecule has 0 aliphatic carbocycles. The highest BCUT2D eigenvalue weighted by molar-refractivity contribution is 5.31. The third-order valence-electron chi connectivity index (χ3n) is 2.66. The Bertz CT molecular complexity index is 499. The van der Waals surface area contributed by atoms with Crippen LogP contribution in [0.2, 0.25) is 0 Å². The van der Waals surface area contributed by atoms with E-state index >= 15 is 0 Å². The zero-order chi connectivity index (χ0) is 11.0. The molecule has 0 unspecified atom stereocenters. The van der Waals surface area contributed by atoms with Gasteiger partial charge >= 0.3 is 0 Å². The Balaban J connectivity index is 2.59. The van der Waals surface area contributed by atoms with Crippen molar-refractivity contribution in [1.82, 2.24) is 19.7 Å². The molecule has 0 amide bonds. The Morgan fingerprint density at radius 3 is 2.33 bits per heavy atom. The molecule has 0 N–H and O–H groups in total. The molecule has 0 aliphatic rings. The molecule has 2 aromatic rings. The quantitative estimate of drug-likeness (QED) is 0.709. The van der Waals surface area contributed by atoms with Crippen LogP contribution in [0.3, 0.4) is 0 Å². The molecule has 15 heavy (non-hydrogen) atoms. The lowest BCUT2D eigenvalue weighted by atomic mass is 10.2. The third-order valence-corrected chi connectivity index (χ3v) is 2.66. The number of hydrogen-bond acceptors (Lipinski definition) is 3. The summed E-state index contributed by atoms with van der Waals surface area (Å²) in [6, 6.07) is 1.93. The first-order chi connectivity index (χ1) is 7.09. The van der Waals surface area contributed by atoms with Crippen LogP contribution in [0.4, 0.5) is 0 Å². The predicted octanol–water partition coefficient (Wildman–Crippen LogP) is 1.90. The average Bonchev–Trinajstić information content (AvgIpc) is 2.46. The lowest BCUT2D eigenvalue weighted by molar-refractivity contribution is 0.797. The standard InChI is InChI=1S/C11H14N4/c1-7-5-11(13-6-12-7)15-10(4)8(2)9(3)14-15/h5-6H,1-4H3. The van der Waals surface area contributed by atoms with Crippen LogP contribution < -0.4 is 0 Å². The summed E-state index contributed by atoms with van der Waals surface area (Å²) < 4.78 is 1.86. The van der Waals surface area contributed by atoms with Crippen LogP contribution in [0.15, 0.2) is 12.4 Å². The fraction of sp³-hybridized carbons (Fsp3) is 0.364. The summed E-state index contributed by atoms with van der Waals surface area (Å²) in [6.07, 6.45) is 1.57. The molecule has 2 heterocycles. The lowest BCUT2D eigenvalue weighted by Crippen LogP contribution is -2.03. The van der Waals surface area contributed by atoms with E-state index in [9.17, 15) is 0 Å².